The van der Waals surface area contributed by atoms with E-state index in [1.54, 1.807) is 32.1 Å². The fraction of sp³-hybridized carbons (Fsp3) is 0.286. The summed E-state index contributed by atoms with van der Waals surface area (Å²) in [6, 6.07) is 16.0. The van der Waals surface area contributed by atoms with Crippen molar-refractivity contribution >= 4 is 16.1 Å². The molecule has 0 aliphatic carbocycles. The third kappa shape index (κ3) is 4.10. The maximum atomic E-state index is 13.1. The van der Waals surface area contributed by atoms with Crippen LogP contribution in [0.3, 0.4) is 0 Å². The van der Waals surface area contributed by atoms with Gasteiger partial charge >= 0.3 is 6.09 Å². The first-order valence-electron chi connectivity index (χ1n) is 8.89. The summed E-state index contributed by atoms with van der Waals surface area (Å²) in [5.41, 5.74) is 1.09. The van der Waals surface area contributed by atoms with E-state index >= 15 is 0 Å². The van der Waals surface area contributed by atoms with Gasteiger partial charge in [0.15, 0.2) is 0 Å². The molecule has 0 saturated carbocycles. The summed E-state index contributed by atoms with van der Waals surface area (Å²) in [6.07, 6.45) is 0.666. The molecule has 28 heavy (non-hydrogen) atoms. The Morgan fingerprint density at radius 2 is 1.71 bits per heavy atom. The van der Waals surface area contributed by atoms with Gasteiger partial charge in [0.2, 0.25) is 0 Å². The number of hydrogen-bond acceptors (Lipinski definition) is 5. The molecular formula is C21H23NO5S. The summed E-state index contributed by atoms with van der Waals surface area (Å²) >= 11 is 0. The average Bonchev–Trinajstić information content (AvgIpc) is 2.88. The van der Waals surface area contributed by atoms with E-state index in [4.69, 9.17) is 9.47 Å². The fourth-order valence-corrected chi connectivity index (χ4v) is 4.39. The third-order valence-corrected chi connectivity index (χ3v) is 6.10. The van der Waals surface area contributed by atoms with Crippen LogP contribution in [0.25, 0.3) is 0 Å². The maximum absolute atomic E-state index is 13.1. The standard InChI is InChI=1S/C21H23NO5S/c1-16-9-11-18(12-10-16)28(24,25)22-19(21(2,3)27-20(22)23)13-14-26-15-17-7-5-4-6-8-17/h4-13H,14-15H2,1-3H3/b19-13+. The molecule has 2 aromatic carbocycles. The second-order valence-corrected chi connectivity index (χ2v) is 8.84. The molecular weight excluding hydrogens is 378 g/mol. The van der Waals surface area contributed by atoms with Gasteiger partial charge in [-0.25, -0.2) is 13.2 Å². The summed E-state index contributed by atoms with van der Waals surface area (Å²) < 4.78 is 37.8. The number of ether oxygens (including phenoxy) is 2. The molecule has 1 fully saturated rings. The molecule has 1 aliphatic rings. The first-order valence-corrected chi connectivity index (χ1v) is 10.3. The lowest BCUT2D eigenvalue weighted by atomic mass is 10.1. The van der Waals surface area contributed by atoms with Gasteiger partial charge in [0.1, 0.15) is 5.60 Å². The molecule has 6 nitrogen and oxygen atoms in total. The third-order valence-electron chi connectivity index (χ3n) is 4.41. The van der Waals surface area contributed by atoms with Crippen LogP contribution in [0, 0.1) is 6.92 Å². The minimum atomic E-state index is -4.08. The van der Waals surface area contributed by atoms with Crippen molar-refractivity contribution in [3.05, 3.63) is 77.5 Å². The van der Waals surface area contributed by atoms with Crippen LogP contribution in [0.1, 0.15) is 25.0 Å². The second-order valence-electron chi connectivity index (χ2n) is 7.05. The topological polar surface area (TPSA) is 72.9 Å². The van der Waals surface area contributed by atoms with Crippen LogP contribution in [0.5, 0.6) is 0 Å². The number of carbonyl (C=O) groups excluding carboxylic acids is 1. The smallest absolute Gasteiger partial charge is 0.429 e. The van der Waals surface area contributed by atoms with Gasteiger partial charge in [0, 0.05) is 0 Å². The molecule has 1 aliphatic heterocycles. The van der Waals surface area contributed by atoms with Gasteiger partial charge in [-0.2, -0.15) is 4.31 Å². The normalized spacial score (nSPS) is 17.8. The van der Waals surface area contributed by atoms with E-state index in [0.717, 1.165) is 15.4 Å². The number of hydrogen-bond donors (Lipinski definition) is 0. The lowest BCUT2D eigenvalue weighted by Crippen LogP contribution is -2.32. The number of benzene rings is 2. The van der Waals surface area contributed by atoms with Crippen molar-refractivity contribution in [3.8, 4) is 0 Å². The van der Waals surface area contributed by atoms with E-state index in [0.29, 0.717) is 6.61 Å². The number of nitrogens with zero attached hydrogens (tertiary/aromatic N) is 1. The minimum absolute atomic E-state index is 0.0313. The Hall–Kier alpha value is -2.64. The van der Waals surface area contributed by atoms with Crippen molar-refractivity contribution in [1.82, 2.24) is 4.31 Å². The summed E-state index contributed by atoms with van der Waals surface area (Å²) in [5.74, 6) is 0. The monoisotopic (exact) mass is 401 g/mol. The molecule has 0 N–H and O–H groups in total. The molecule has 148 valence electrons. The number of cyclic esters (lactones) is 1. The van der Waals surface area contributed by atoms with Crippen molar-refractivity contribution in [2.24, 2.45) is 0 Å². The predicted octanol–water partition coefficient (Wildman–Crippen LogP) is 4.02. The molecule has 0 radical (unpaired) electrons. The molecule has 3 rings (SSSR count). The quantitative estimate of drug-likeness (QED) is 0.684. The summed E-state index contributed by atoms with van der Waals surface area (Å²) in [5, 5.41) is 0. The highest BCUT2D eigenvalue weighted by atomic mass is 32.2. The van der Waals surface area contributed by atoms with Gasteiger partial charge in [0.25, 0.3) is 10.0 Å². The summed E-state index contributed by atoms with van der Waals surface area (Å²) in [4.78, 5) is 12.4. The number of amides is 1. The van der Waals surface area contributed by atoms with E-state index < -0.39 is 21.7 Å². The molecule has 1 saturated heterocycles. The molecule has 1 heterocycles. The molecule has 0 atom stereocenters. The number of carbonyl (C=O) groups is 1. The average molecular weight is 401 g/mol. The van der Waals surface area contributed by atoms with Gasteiger partial charge < -0.3 is 9.47 Å². The van der Waals surface area contributed by atoms with Crippen molar-refractivity contribution in [2.75, 3.05) is 6.61 Å². The van der Waals surface area contributed by atoms with Crippen LogP contribution in [0.2, 0.25) is 0 Å². The van der Waals surface area contributed by atoms with Gasteiger partial charge in [-0.05, 0) is 44.5 Å². The first-order chi connectivity index (χ1) is 13.2. The summed E-state index contributed by atoms with van der Waals surface area (Å²) in [7, 11) is -4.08. The van der Waals surface area contributed by atoms with Gasteiger partial charge in [-0.3, -0.25) is 0 Å². The summed E-state index contributed by atoms with van der Waals surface area (Å²) in [6.45, 7) is 5.69. The zero-order valence-corrected chi connectivity index (χ0v) is 16.9. The molecule has 7 heteroatoms. The highest BCUT2D eigenvalue weighted by molar-refractivity contribution is 7.89. The highest BCUT2D eigenvalue weighted by Gasteiger charge is 2.49. The zero-order chi connectivity index (χ0) is 20.4. The van der Waals surface area contributed by atoms with E-state index in [-0.39, 0.29) is 17.2 Å². The largest absolute Gasteiger partial charge is 0.436 e. The predicted molar refractivity (Wildman–Crippen MR) is 105 cm³/mol. The van der Waals surface area contributed by atoms with Crippen LogP contribution in [0.4, 0.5) is 4.79 Å². The Bertz CT molecular complexity index is 979. The Balaban J connectivity index is 1.84. The Labute approximate surface area is 165 Å². The fourth-order valence-electron chi connectivity index (χ4n) is 2.92. The van der Waals surface area contributed by atoms with Crippen LogP contribution < -0.4 is 0 Å². The molecule has 1 amide bonds. The van der Waals surface area contributed by atoms with Crippen molar-refractivity contribution in [3.63, 3.8) is 0 Å². The molecule has 0 spiro atoms. The first kappa shape index (κ1) is 20.1. The van der Waals surface area contributed by atoms with Crippen LogP contribution in [-0.2, 0) is 26.1 Å². The number of aryl methyl sites for hydroxylation is 1. The van der Waals surface area contributed by atoms with Crippen LogP contribution >= 0.6 is 0 Å². The second kappa shape index (κ2) is 7.77. The maximum Gasteiger partial charge on any atom is 0.429 e. The SMILES string of the molecule is Cc1ccc(S(=O)(=O)N2C(=O)OC(C)(C)/C2=C\COCc2ccccc2)cc1. The van der Waals surface area contributed by atoms with Crippen molar-refractivity contribution in [2.45, 2.75) is 37.9 Å². The van der Waals surface area contributed by atoms with Gasteiger partial charge in [-0.1, -0.05) is 48.0 Å². The number of sulfonamides is 1. The van der Waals surface area contributed by atoms with E-state index in [1.165, 1.54) is 12.1 Å². The lowest BCUT2D eigenvalue weighted by molar-refractivity contribution is 0.0947. The Morgan fingerprint density at radius 1 is 1.07 bits per heavy atom. The lowest BCUT2D eigenvalue weighted by Gasteiger charge is -2.21. The van der Waals surface area contributed by atoms with Crippen LogP contribution in [0.15, 0.2) is 71.3 Å². The van der Waals surface area contributed by atoms with E-state index in [9.17, 15) is 13.2 Å². The Kier molecular flexibility index (Phi) is 5.58. The van der Waals surface area contributed by atoms with Crippen LogP contribution in [-0.4, -0.2) is 31.0 Å². The minimum Gasteiger partial charge on any atom is -0.436 e. The molecule has 0 unspecified atom stereocenters. The molecule has 2 aromatic rings. The number of rotatable bonds is 6. The molecule has 0 bridgehead atoms. The Morgan fingerprint density at radius 3 is 2.36 bits per heavy atom. The van der Waals surface area contributed by atoms with E-state index in [1.807, 2.05) is 37.3 Å². The van der Waals surface area contributed by atoms with Gasteiger partial charge in [0.05, 0.1) is 23.8 Å². The van der Waals surface area contributed by atoms with Crippen molar-refractivity contribution in [1.29, 1.82) is 0 Å². The van der Waals surface area contributed by atoms with E-state index in [2.05, 4.69) is 0 Å². The zero-order valence-electron chi connectivity index (χ0n) is 16.1. The molecule has 0 aromatic heterocycles. The highest BCUT2D eigenvalue weighted by Crippen LogP contribution is 2.37. The van der Waals surface area contributed by atoms with Crippen molar-refractivity contribution < 1.29 is 22.7 Å². The van der Waals surface area contributed by atoms with Gasteiger partial charge in [-0.15, -0.1) is 0 Å².